The molecular weight excluding hydrogens is 584 g/mol. The van der Waals surface area contributed by atoms with Gasteiger partial charge in [0.2, 0.25) is 11.8 Å². The van der Waals surface area contributed by atoms with E-state index in [2.05, 4.69) is 34.3 Å². The van der Waals surface area contributed by atoms with Gasteiger partial charge in [-0.15, -0.1) is 5.92 Å². The zero-order chi connectivity index (χ0) is 33.4. The zero-order valence-electron chi connectivity index (χ0n) is 27.9. The second-order valence-electron chi connectivity index (χ2n) is 11.8. The summed E-state index contributed by atoms with van der Waals surface area (Å²) >= 11 is 0. The normalized spacial score (nSPS) is 12.2. The van der Waals surface area contributed by atoms with Crippen molar-refractivity contribution in [1.29, 1.82) is 0 Å². The van der Waals surface area contributed by atoms with E-state index in [1.165, 1.54) is 39.2 Å². The lowest BCUT2D eigenvalue weighted by atomic mass is 9.90. The smallest absolute Gasteiger partial charge is 0.220 e. The Hall–Kier alpha value is -4.68. The summed E-state index contributed by atoms with van der Waals surface area (Å²) in [6, 6.07) is 25.0. The van der Waals surface area contributed by atoms with Crippen molar-refractivity contribution in [3.63, 3.8) is 0 Å². The van der Waals surface area contributed by atoms with E-state index < -0.39 is 0 Å². The van der Waals surface area contributed by atoms with Gasteiger partial charge in [-0.05, 0) is 73.9 Å². The first kappa shape index (κ1) is 36.8. The number of hydrogen-bond donors (Lipinski definition) is 3. The third-order valence-electron chi connectivity index (χ3n) is 7.90. The standard InChI is InChI=1S/C21H29NO3.C20H21NO/c1-25-20-15-18(13-14-19(20)23)16-22-21(24)12-8-3-2-5-9-17-10-6-4-7-11-17;22-20(21-17-19-14-8-4-9-15-19)16-10-2-1-5-11-18-12-6-3-7-13-18/h13-15,17,23H,2-4,6-8,10-12,16H2,1H3,(H,22,24);3-4,6-9,12-15H,1-2,10,16-17H2,(H,21,22). The molecule has 0 spiro atoms. The minimum Gasteiger partial charge on any atom is -0.504 e. The minimum absolute atomic E-state index is 0.0484. The monoisotopic (exact) mass is 634 g/mol. The molecule has 2 amide bonds. The number of carbonyl (C=O) groups is 2. The van der Waals surface area contributed by atoms with E-state index in [4.69, 9.17) is 4.74 Å². The Balaban J connectivity index is 0.000000257. The van der Waals surface area contributed by atoms with Crippen molar-refractivity contribution in [3.05, 3.63) is 95.6 Å². The molecule has 47 heavy (non-hydrogen) atoms. The van der Waals surface area contributed by atoms with Gasteiger partial charge < -0.3 is 20.5 Å². The highest BCUT2D eigenvalue weighted by atomic mass is 16.5. The number of phenolic OH excluding ortho intramolecular Hbond substituents is 1. The Bertz CT molecular complexity index is 1460. The molecule has 0 aliphatic heterocycles. The van der Waals surface area contributed by atoms with Crippen molar-refractivity contribution in [1.82, 2.24) is 10.6 Å². The highest BCUT2D eigenvalue weighted by molar-refractivity contribution is 5.76. The van der Waals surface area contributed by atoms with Crippen LogP contribution in [0.15, 0.2) is 78.9 Å². The van der Waals surface area contributed by atoms with Crippen molar-refractivity contribution in [2.75, 3.05) is 7.11 Å². The molecule has 4 rings (SSSR count). The lowest BCUT2D eigenvalue weighted by Crippen LogP contribution is -2.22. The topological polar surface area (TPSA) is 87.7 Å². The molecule has 0 unspecified atom stereocenters. The molecule has 0 aromatic heterocycles. The molecule has 0 atom stereocenters. The summed E-state index contributed by atoms with van der Waals surface area (Å²) in [4.78, 5) is 23.6. The van der Waals surface area contributed by atoms with Crippen LogP contribution in [0.2, 0.25) is 0 Å². The molecule has 6 heteroatoms. The van der Waals surface area contributed by atoms with Crippen molar-refractivity contribution >= 4 is 11.8 Å². The van der Waals surface area contributed by atoms with Crippen LogP contribution in [0.4, 0.5) is 0 Å². The first-order valence-electron chi connectivity index (χ1n) is 17.0. The molecule has 1 aliphatic rings. The number of hydrogen-bond acceptors (Lipinski definition) is 4. The number of unbranched alkanes of at least 4 members (excludes halogenated alkanes) is 4. The fraction of sp³-hybridized carbons (Fsp3) is 0.415. The molecule has 1 fully saturated rings. The average molecular weight is 635 g/mol. The minimum atomic E-state index is 0.0484. The molecular formula is C41H50N2O4. The van der Waals surface area contributed by atoms with Crippen LogP contribution in [0.25, 0.3) is 0 Å². The zero-order valence-corrected chi connectivity index (χ0v) is 27.9. The summed E-state index contributed by atoms with van der Waals surface area (Å²) in [5.41, 5.74) is 3.08. The van der Waals surface area contributed by atoms with Crippen LogP contribution in [0.5, 0.6) is 11.5 Å². The highest BCUT2D eigenvalue weighted by Crippen LogP contribution is 2.26. The van der Waals surface area contributed by atoms with Gasteiger partial charge in [-0.2, -0.15) is 0 Å². The van der Waals surface area contributed by atoms with Crippen molar-refractivity contribution in [2.45, 2.75) is 96.6 Å². The summed E-state index contributed by atoms with van der Waals surface area (Å²) < 4.78 is 5.06. The van der Waals surface area contributed by atoms with Crippen LogP contribution >= 0.6 is 0 Å². The van der Waals surface area contributed by atoms with Gasteiger partial charge in [-0.1, -0.05) is 91.6 Å². The Morgan fingerprint density at radius 1 is 0.745 bits per heavy atom. The number of benzene rings is 3. The van der Waals surface area contributed by atoms with Crippen LogP contribution < -0.4 is 15.4 Å². The Morgan fingerprint density at radius 2 is 1.34 bits per heavy atom. The van der Waals surface area contributed by atoms with Crippen LogP contribution in [-0.4, -0.2) is 24.0 Å². The third-order valence-corrected chi connectivity index (χ3v) is 7.90. The van der Waals surface area contributed by atoms with E-state index in [1.807, 2.05) is 60.7 Å². The maximum Gasteiger partial charge on any atom is 0.220 e. The van der Waals surface area contributed by atoms with E-state index in [1.54, 1.807) is 18.2 Å². The van der Waals surface area contributed by atoms with Gasteiger partial charge >= 0.3 is 0 Å². The SMILES string of the molecule is COc1cc(CNC(=O)CCCCC#CC2CCCCC2)ccc1O.O=C(CCCCC#Cc1ccccc1)NCc1ccccc1. The number of phenols is 1. The number of nitrogens with one attached hydrogen (secondary N) is 2. The number of methoxy groups -OCH3 is 1. The molecule has 1 saturated carbocycles. The van der Waals surface area contributed by atoms with Crippen LogP contribution in [0.3, 0.4) is 0 Å². The summed E-state index contributed by atoms with van der Waals surface area (Å²) in [5, 5.41) is 15.4. The van der Waals surface area contributed by atoms with E-state index in [0.29, 0.717) is 37.6 Å². The van der Waals surface area contributed by atoms with Crippen molar-refractivity contribution in [2.24, 2.45) is 5.92 Å². The lowest BCUT2D eigenvalue weighted by molar-refractivity contribution is -0.122. The Kier molecular flexibility index (Phi) is 17.8. The second-order valence-corrected chi connectivity index (χ2v) is 11.8. The molecule has 0 heterocycles. The van der Waals surface area contributed by atoms with Crippen molar-refractivity contribution < 1.29 is 19.4 Å². The first-order chi connectivity index (χ1) is 23.0. The van der Waals surface area contributed by atoms with E-state index in [0.717, 1.165) is 55.2 Å². The second kappa shape index (κ2) is 22.8. The van der Waals surface area contributed by atoms with Crippen LogP contribution in [0.1, 0.15) is 100 Å². The lowest BCUT2D eigenvalue weighted by Gasteiger charge is -2.15. The Labute approximate surface area is 281 Å². The molecule has 3 aromatic carbocycles. The molecule has 0 radical (unpaired) electrons. The maximum atomic E-state index is 11.9. The Morgan fingerprint density at radius 3 is 1.98 bits per heavy atom. The van der Waals surface area contributed by atoms with E-state index in [-0.39, 0.29) is 17.6 Å². The van der Waals surface area contributed by atoms with Gasteiger partial charge in [0.15, 0.2) is 11.5 Å². The largest absolute Gasteiger partial charge is 0.504 e. The molecule has 248 valence electrons. The summed E-state index contributed by atoms with van der Waals surface area (Å²) in [6.07, 6.45) is 13.0. The van der Waals surface area contributed by atoms with E-state index in [9.17, 15) is 14.7 Å². The van der Waals surface area contributed by atoms with Gasteiger partial charge in [0.05, 0.1) is 7.11 Å². The predicted molar refractivity (Wildman–Crippen MR) is 189 cm³/mol. The number of ether oxygens (including phenoxy) is 1. The van der Waals surface area contributed by atoms with Crippen LogP contribution in [-0.2, 0) is 22.7 Å². The fourth-order valence-electron chi connectivity index (χ4n) is 5.15. The van der Waals surface area contributed by atoms with Gasteiger partial charge in [-0.25, -0.2) is 0 Å². The van der Waals surface area contributed by atoms with Crippen LogP contribution in [0, 0.1) is 29.6 Å². The predicted octanol–water partition coefficient (Wildman–Crippen LogP) is 8.08. The molecule has 0 bridgehead atoms. The first-order valence-corrected chi connectivity index (χ1v) is 17.0. The molecule has 3 N–H and O–H groups in total. The molecule has 0 saturated heterocycles. The number of aromatic hydroxyl groups is 1. The van der Waals surface area contributed by atoms with Crippen molar-refractivity contribution in [3.8, 4) is 35.2 Å². The number of carbonyl (C=O) groups excluding carboxylic acids is 2. The third kappa shape index (κ3) is 16.4. The van der Waals surface area contributed by atoms with Gasteiger partial charge in [0.25, 0.3) is 0 Å². The summed E-state index contributed by atoms with van der Waals surface area (Å²) in [6.45, 7) is 1.05. The van der Waals surface area contributed by atoms with Gasteiger partial charge in [0.1, 0.15) is 0 Å². The number of amides is 2. The van der Waals surface area contributed by atoms with Gasteiger partial charge in [0, 0.05) is 50.3 Å². The highest BCUT2D eigenvalue weighted by Gasteiger charge is 2.10. The summed E-state index contributed by atoms with van der Waals surface area (Å²) in [5.74, 6) is 14.2. The summed E-state index contributed by atoms with van der Waals surface area (Å²) in [7, 11) is 1.51. The fourth-order valence-corrected chi connectivity index (χ4v) is 5.15. The quantitative estimate of drug-likeness (QED) is 0.131. The molecule has 6 nitrogen and oxygen atoms in total. The molecule has 1 aliphatic carbocycles. The number of rotatable bonds is 13. The average Bonchev–Trinajstić information content (AvgIpc) is 3.11. The maximum absolute atomic E-state index is 11.9. The van der Waals surface area contributed by atoms with E-state index >= 15 is 0 Å². The molecule has 3 aromatic rings. The van der Waals surface area contributed by atoms with Gasteiger partial charge in [-0.3, -0.25) is 9.59 Å².